The molecule has 2 rings (SSSR count). The molecule has 0 spiro atoms. The van der Waals surface area contributed by atoms with E-state index in [-0.39, 0.29) is 0 Å². The predicted octanol–water partition coefficient (Wildman–Crippen LogP) is 3.84. The number of aryl methyl sites for hydroxylation is 1. The van der Waals surface area contributed by atoms with Gasteiger partial charge in [-0.1, -0.05) is 35.8 Å². The Morgan fingerprint density at radius 3 is 2.85 bits per heavy atom. The van der Waals surface area contributed by atoms with Crippen LogP contribution in [-0.2, 0) is 6.54 Å². The van der Waals surface area contributed by atoms with Crippen LogP contribution in [0.5, 0.6) is 11.6 Å². The van der Waals surface area contributed by atoms with E-state index in [0.717, 1.165) is 21.5 Å². The van der Waals surface area contributed by atoms with Crippen molar-refractivity contribution >= 4 is 15.9 Å². The van der Waals surface area contributed by atoms with Gasteiger partial charge in [-0.15, -0.1) is 0 Å². The normalized spacial score (nSPS) is 10.8. The topological polar surface area (TPSA) is 47.0 Å². The molecule has 1 heterocycles. The summed E-state index contributed by atoms with van der Waals surface area (Å²) in [6.45, 7) is 6.87. The molecule has 106 valence electrons. The van der Waals surface area contributed by atoms with Crippen molar-refractivity contribution in [2.24, 2.45) is 0 Å². The van der Waals surface area contributed by atoms with Gasteiger partial charge >= 0.3 is 0 Å². The highest BCUT2D eigenvalue weighted by atomic mass is 79.9. The molecular weight excluding hydrogens is 318 g/mol. The molecule has 20 heavy (non-hydrogen) atoms. The summed E-state index contributed by atoms with van der Waals surface area (Å²) in [7, 11) is 0. The molecule has 0 saturated heterocycles. The largest absolute Gasteiger partial charge is 0.437 e. The maximum Gasteiger partial charge on any atom is 0.238 e. The van der Waals surface area contributed by atoms with Gasteiger partial charge in [-0.05, 0) is 24.6 Å². The molecule has 0 saturated carbocycles. The molecule has 0 aliphatic rings. The van der Waals surface area contributed by atoms with Crippen molar-refractivity contribution in [1.82, 2.24) is 15.3 Å². The van der Waals surface area contributed by atoms with E-state index >= 15 is 0 Å². The SMILES string of the molecule is Cc1ccc(Br)cc1Oc1cncc(CNC(C)C)n1. The van der Waals surface area contributed by atoms with E-state index in [4.69, 9.17) is 4.74 Å². The highest BCUT2D eigenvalue weighted by Crippen LogP contribution is 2.26. The number of aromatic nitrogens is 2. The summed E-state index contributed by atoms with van der Waals surface area (Å²) in [5.41, 5.74) is 1.92. The van der Waals surface area contributed by atoms with Crippen LogP contribution in [0.4, 0.5) is 0 Å². The molecule has 1 aromatic heterocycles. The lowest BCUT2D eigenvalue weighted by molar-refractivity contribution is 0.451. The van der Waals surface area contributed by atoms with Gasteiger partial charge in [-0.25, -0.2) is 4.98 Å². The number of hydrogen-bond donors (Lipinski definition) is 1. The van der Waals surface area contributed by atoms with E-state index in [1.165, 1.54) is 0 Å². The smallest absolute Gasteiger partial charge is 0.238 e. The molecule has 0 unspecified atom stereocenters. The second-order valence-electron chi connectivity index (χ2n) is 4.90. The second-order valence-corrected chi connectivity index (χ2v) is 5.81. The standard InChI is InChI=1S/C15H18BrN3O/c1-10(2)18-8-13-7-17-9-15(19-13)20-14-6-12(16)5-4-11(14)3/h4-7,9-10,18H,8H2,1-3H3. The fourth-order valence-corrected chi connectivity index (χ4v) is 1.97. The predicted molar refractivity (Wildman–Crippen MR) is 83.0 cm³/mol. The minimum atomic E-state index is 0.411. The van der Waals surface area contributed by atoms with Crippen LogP contribution in [0.2, 0.25) is 0 Å². The lowest BCUT2D eigenvalue weighted by atomic mass is 10.2. The summed E-state index contributed by atoms with van der Waals surface area (Å²) >= 11 is 3.44. The van der Waals surface area contributed by atoms with E-state index in [9.17, 15) is 0 Å². The fourth-order valence-electron chi connectivity index (χ4n) is 1.63. The molecule has 1 N–H and O–H groups in total. The quantitative estimate of drug-likeness (QED) is 0.901. The zero-order chi connectivity index (χ0) is 14.5. The van der Waals surface area contributed by atoms with E-state index in [2.05, 4.69) is 45.1 Å². The molecule has 0 aliphatic heterocycles. The first-order chi connectivity index (χ1) is 9.54. The number of benzene rings is 1. The van der Waals surface area contributed by atoms with Crippen LogP contribution in [0.25, 0.3) is 0 Å². The van der Waals surface area contributed by atoms with Crippen LogP contribution < -0.4 is 10.1 Å². The third kappa shape index (κ3) is 4.28. The van der Waals surface area contributed by atoms with Crippen LogP contribution in [0.1, 0.15) is 25.1 Å². The van der Waals surface area contributed by atoms with E-state index < -0.39 is 0 Å². The van der Waals surface area contributed by atoms with Crippen LogP contribution in [0.15, 0.2) is 35.1 Å². The first-order valence-corrected chi connectivity index (χ1v) is 7.32. The number of hydrogen-bond acceptors (Lipinski definition) is 4. The molecule has 0 radical (unpaired) electrons. The Hall–Kier alpha value is -1.46. The summed E-state index contributed by atoms with van der Waals surface area (Å²) < 4.78 is 6.78. The van der Waals surface area contributed by atoms with Crippen molar-refractivity contribution in [2.45, 2.75) is 33.4 Å². The van der Waals surface area contributed by atoms with Gasteiger partial charge in [0.1, 0.15) is 5.75 Å². The highest BCUT2D eigenvalue weighted by molar-refractivity contribution is 9.10. The summed E-state index contributed by atoms with van der Waals surface area (Å²) in [4.78, 5) is 8.62. The van der Waals surface area contributed by atoms with Crippen LogP contribution in [0, 0.1) is 6.92 Å². The Bertz CT molecular complexity index is 587. The minimum Gasteiger partial charge on any atom is -0.437 e. The third-order valence-corrected chi connectivity index (χ3v) is 3.21. The lowest BCUT2D eigenvalue weighted by Crippen LogP contribution is -2.22. The molecule has 0 bridgehead atoms. The van der Waals surface area contributed by atoms with Gasteiger partial charge in [0.25, 0.3) is 0 Å². The molecular formula is C15H18BrN3O. The maximum atomic E-state index is 5.81. The Kier molecular flexibility index (Phi) is 5.09. The highest BCUT2D eigenvalue weighted by Gasteiger charge is 2.05. The number of ether oxygens (including phenoxy) is 1. The molecule has 1 aromatic carbocycles. The number of nitrogens with zero attached hydrogens (tertiary/aromatic N) is 2. The maximum absolute atomic E-state index is 5.81. The molecule has 0 atom stereocenters. The summed E-state index contributed by atoms with van der Waals surface area (Å²) in [6, 6.07) is 6.32. The van der Waals surface area contributed by atoms with Gasteiger partial charge in [0, 0.05) is 23.3 Å². The summed E-state index contributed by atoms with van der Waals surface area (Å²) in [5.74, 6) is 1.29. The van der Waals surface area contributed by atoms with Crippen molar-refractivity contribution < 1.29 is 4.74 Å². The van der Waals surface area contributed by atoms with E-state index in [1.807, 2.05) is 25.1 Å². The van der Waals surface area contributed by atoms with Gasteiger partial charge in [0.2, 0.25) is 5.88 Å². The number of nitrogens with one attached hydrogen (secondary N) is 1. The van der Waals surface area contributed by atoms with Crippen molar-refractivity contribution in [3.63, 3.8) is 0 Å². The first-order valence-electron chi connectivity index (χ1n) is 6.53. The second kappa shape index (κ2) is 6.81. The molecule has 0 fully saturated rings. The Morgan fingerprint density at radius 2 is 2.10 bits per heavy atom. The van der Waals surface area contributed by atoms with Gasteiger partial charge in [-0.3, -0.25) is 4.98 Å². The molecule has 5 heteroatoms. The molecule has 0 amide bonds. The van der Waals surface area contributed by atoms with Crippen LogP contribution in [0.3, 0.4) is 0 Å². The monoisotopic (exact) mass is 335 g/mol. The molecule has 2 aromatic rings. The molecule has 4 nitrogen and oxygen atoms in total. The van der Waals surface area contributed by atoms with Gasteiger partial charge in [0.05, 0.1) is 11.9 Å². The first kappa shape index (κ1) is 14.9. The Labute approximate surface area is 127 Å². The van der Waals surface area contributed by atoms with Crippen molar-refractivity contribution in [1.29, 1.82) is 0 Å². The third-order valence-electron chi connectivity index (χ3n) is 2.72. The average molecular weight is 336 g/mol. The van der Waals surface area contributed by atoms with Crippen molar-refractivity contribution in [3.05, 3.63) is 46.3 Å². The zero-order valence-electron chi connectivity index (χ0n) is 11.9. The van der Waals surface area contributed by atoms with E-state index in [0.29, 0.717) is 18.5 Å². The van der Waals surface area contributed by atoms with Crippen molar-refractivity contribution in [2.75, 3.05) is 0 Å². The van der Waals surface area contributed by atoms with Gasteiger partial charge < -0.3 is 10.1 Å². The lowest BCUT2D eigenvalue weighted by Gasteiger charge is -2.10. The Morgan fingerprint density at radius 1 is 1.30 bits per heavy atom. The van der Waals surface area contributed by atoms with Crippen molar-refractivity contribution in [3.8, 4) is 11.6 Å². The van der Waals surface area contributed by atoms with E-state index in [1.54, 1.807) is 12.4 Å². The van der Waals surface area contributed by atoms with Crippen LogP contribution >= 0.6 is 15.9 Å². The Balaban J connectivity index is 2.13. The zero-order valence-corrected chi connectivity index (χ0v) is 13.4. The van der Waals surface area contributed by atoms with Crippen LogP contribution in [-0.4, -0.2) is 16.0 Å². The minimum absolute atomic E-state index is 0.411. The summed E-state index contributed by atoms with van der Waals surface area (Å²) in [5, 5.41) is 3.31. The van der Waals surface area contributed by atoms with Gasteiger partial charge in [0.15, 0.2) is 0 Å². The average Bonchev–Trinajstić information content (AvgIpc) is 2.41. The molecule has 0 aliphatic carbocycles. The summed E-state index contributed by atoms with van der Waals surface area (Å²) in [6.07, 6.45) is 3.37. The number of rotatable bonds is 5. The fraction of sp³-hybridized carbons (Fsp3) is 0.333. The number of halogens is 1. The van der Waals surface area contributed by atoms with Gasteiger partial charge in [-0.2, -0.15) is 0 Å².